The van der Waals surface area contributed by atoms with Gasteiger partial charge in [0.25, 0.3) is 5.69 Å². The summed E-state index contributed by atoms with van der Waals surface area (Å²) in [5.41, 5.74) is 6.29. The number of halogens is 1. The van der Waals surface area contributed by atoms with E-state index in [-0.39, 0.29) is 6.04 Å². The molecule has 1 aromatic heterocycles. The van der Waals surface area contributed by atoms with Crippen LogP contribution >= 0.6 is 15.9 Å². The third kappa shape index (κ3) is 2.85. The largest absolute Gasteiger partial charge is 0.314 e. The number of hydrogen-bond donors (Lipinski definition) is 2. The molecule has 1 atom stereocenters. The standard InChI is InChI=1S/C19H23BrN3O/c1-13-2-5-17-14(10-13)3-4-15-11-16(20)12-23(24)18(15)19(17)22-8-6-21-7-9-22/h2,5,10-12,19,21,24H,3-4,6-9H2,1H3/q+1/t19-/m1/s1. The molecule has 2 heterocycles. The summed E-state index contributed by atoms with van der Waals surface area (Å²) in [7, 11) is 0. The Hall–Kier alpha value is -1.43. The quantitative estimate of drug-likeness (QED) is 0.581. The second kappa shape index (κ2) is 6.47. The summed E-state index contributed by atoms with van der Waals surface area (Å²) in [6.07, 6.45) is 3.73. The number of piperazine rings is 1. The third-order valence-corrected chi connectivity index (χ3v) is 5.60. The fourth-order valence-electron chi connectivity index (χ4n) is 4.06. The van der Waals surface area contributed by atoms with Gasteiger partial charge in [0.1, 0.15) is 6.04 Å². The normalized spacial score (nSPS) is 21.0. The molecule has 0 spiro atoms. The molecule has 1 fully saturated rings. The zero-order valence-corrected chi connectivity index (χ0v) is 15.5. The van der Waals surface area contributed by atoms with Crippen LogP contribution in [-0.2, 0) is 12.8 Å². The average molecular weight is 389 g/mol. The van der Waals surface area contributed by atoms with Crippen molar-refractivity contribution in [3.05, 3.63) is 62.9 Å². The molecule has 0 saturated carbocycles. The molecule has 0 radical (unpaired) electrons. The fourth-order valence-corrected chi connectivity index (χ4v) is 4.53. The lowest BCUT2D eigenvalue weighted by molar-refractivity contribution is -0.911. The minimum atomic E-state index is 0.110. The molecule has 2 aliphatic rings. The molecule has 5 heteroatoms. The summed E-state index contributed by atoms with van der Waals surface area (Å²) < 4.78 is 2.26. The van der Waals surface area contributed by atoms with Crippen molar-refractivity contribution in [3.8, 4) is 0 Å². The number of rotatable bonds is 1. The predicted octanol–water partition coefficient (Wildman–Crippen LogP) is 2.38. The van der Waals surface area contributed by atoms with E-state index in [4.69, 9.17) is 0 Å². The van der Waals surface area contributed by atoms with E-state index in [2.05, 4.69) is 57.3 Å². The van der Waals surface area contributed by atoms with Crippen molar-refractivity contribution in [2.24, 2.45) is 0 Å². The Kier molecular flexibility index (Phi) is 4.33. The lowest BCUT2D eigenvalue weighted by atomic mass is 9.95. The molecule has 126 valence electrons. The van der Waals surface area contributed by atoms with Crippen molar-refractivity contribution in [1.82, 2.24) is 10.2 Å². The van der Waals surface area contributed by atoms with Crippen molar-refractivity contribution in [2.45, 2.75) is 25.8 Å². The Morgan fingerprint density at radius 3 is 2.71 bits per heavy atom. The number of nitrogens with one attached hydrogen (secondary N) is 1. The molecule has 4 rings (SSSR count). The van der Waals surface area contributed by atoms with E-state index in [9.17, 15) is 5.21 Å². The maximum Gasteiger partial charge on any atom is 0.258 e. The van der Waals surface area contributed by atoms with E-state index in [0.717, 1.165) is 49.2 Å². The van der Waals surface area contributed by atoms with Crippen LogP contribution < -0.4 is 10.0 Å². The first-order valence-electron chi connectivity index (χ1n) is 8.61. The molecule has 1 saturated heterocycles. The van der Waals surface area contributed by atoms with Gasteiger partial charge < -0.3 is 5.32 Å². The van der Waals surface area contributed by atoms with Crippen molar-refractivity contribution >= 4 is 15.9 Å². The smallest absolute Gasteiger partial charge is 0.258 e. The Bertz CT molecular complexity index is 771. The summed E-state index contributed by atoms with van der Waals surface area (Å²) in [6.45, 7) is 6.13. The topological polar surface area (TPSA) is 39.4 Å². The van der Waals surface area contributed by atoms with Crippen LogP contribution in [0.25, 0.3) is 0 Å². The highest BCUT2D eigenvalue weighted by atomic mass is 79.9. The highest BCUT2D eigenvalue weighted by molar-refractivity contribution is 9.10. The van der Waals surface area contributed by atoms with Crippen molar-refractivity contribution in [3.63, 3.8) is 0 Å². The zero-order chi connectivity index (χ0) is 16.7. The van der Waals surface area contributed by atoms with Crippen LogP contribution in [0.15, 0.2) is 34.9 Å². The second-order valence-electron chi connectivity index (χ2n) is 6.80. The van der Waals surface area contributed by atoms with Crippen molar-refractivity contribution in [2.75, 3.05) is 26.2 Å². The number of nitrogens with zero attached hydrogens (tertiary/aromatic N) is 2. The number of aromatic nitrogens is 1. The van der Waals surface area contributed by atoms with Crippen LogP contribution in [-0.4, -0.2) is 36.3 Å². The number of aryl methyl sites for hydroxylation is 3. The summed E-state index contributed by atoms with van der Waals surface area (Å²) in [5.74, 6) is 0. The maximum absolute atomic E-state index is 10.7. The van der Waals surface area contributed by atoms with Gasteiger partial charge in [0.2, 0.25) is 6.20 Å². The molecular formula is C19H23BrN3O+. The molecule has 0 bridgehead atoms. The third-order valence-electron chi connectivity index (χ3n) is 5.17. The molecule has 1 aliphatic heterocycles. The number of hydrogen-bond acceptors (Lipinski definition) is 3. The first-order valence-corrected chi connectivity index (χ1v) is 9.40. The zero-order valence-electron chi connectivity index (χ0n) is 13.9. The molecule has 0 unspecified atom stereocenters. The van der Waals surface area contributed by atoms with Gasteiger partial charge in [-0.3, -0.25) is 10.1 Å². The van der Waals surface area contributed by atoms with Crippen LogP contribution in [0.5, 0.6) is 0 Å². The van der Waals surface area contributed by atoms with E-state index >= 15 is 0 Å². The minimum absolute atomic E-state index is 0.110. The number of pyridine rings is 1. The molecule has 1 aliphatic carbocycles. The van der Waals surface area contributed by atoms with Crippen molar-refractivity contribution in [1.29, 1.82) is 0 Å². The van der Waals surface area contributed by atoms with Gasteiger partial charge in [0.05, 0.1) is 4.47 Å². The Morgan fingerprint density at radius 1 is 1.17 bits per heavy atom. The second-order valence-corrected chi connectivity index (χ2v) is 7.72. The first-order chi connectivity index (χ1) is 11.6. The van der Waals surface area contributed by atoms with Gasteiger partial charge in [-0.25, -0.2) is 0 Å². The molecule has 2 aromatic rings. The molecule has 2 N–H and O–H groups in total. The molecule has 0 amide bonds. The van der Waals surface area contributed by atoms with Crippen LogP contribution in [0.3, 0.4) is 0 Å². The monoisotopic (exact) mass is 388 g/mol. The number of fused-ring (bicyclic) bond motifs is 2. The van der Waals surface area contributed by atoms with Gasteiger partial charge in [-0.15, -0.1) is 0 Å². The summed E-state index contributed by atoms with van der Waals surface area (Å²) in [4.78, 5) is 2.50. The minimum Gasteiger partial charge on any atom is -0.314 e. The summed E-state index contributed by atoms with van der Waals surface area (Å²) >= 11 is 3.53. The van der Waals surface area contributed by atoms with Gasteiger partial charge in [-0.05, 0) is 52.9 Å². The van der Waals surface area contributed by atoms with Gasteiger partial charge in [-0.1, -0.05) is 23.8 Å². The Balaban J connectivity index is 1.91. The highest BCUT2D eigenvalue weighted by Crippen LogP contribution is 2.36. The molecule has 4 nitrogen and oxygen atoms in total. The van der Waals surface area contributed by atoms with Crippen LogP contribution in [0.2, 0.25) is 0 Å². The predicted molar refractivity (Wildman–Crippen MR) is 96.4 cm³/mol. The maximum atomic E-state index is 10.7. The summed E-state index contributed by atoms with van der Waals surface area (Å²) in [6, 6.07) is 9.04. The average Bonchev–Trinajstić information content (AvgIpc) is 2.72. The molecule has 1 aromatic carbocycles. The lowest BCUT2D eigenvalue weighted by Crippen LogP contribution is -2.49. The highest BCUT2D eigenvalue weighted by Gasteiger charge is 2.37. The first kappa shape index (κ1) is 16.1. The van der Waals surface area contributed by atoms with Crippen LogP contribution in [0.1, 0.15) is 34.0 Å². The van der Waals surface area contributed by atoms with E-state index in [1.54, 1.807) is 6.20 Å². The van der Waals surface area contributed by atoms with E-state index in [1.165, 1.54) is 27.0 Å². The van der Waals surface area contributed by atoms with Gasteiger partial charge in [-0.2, -0.15) is 0 Å². The van der Waals surface area contributed by atoms with E-state index < -0.39 is 0 Å². The van der Waals surface area contributed by atoms with Crippen LogP contribution in [0, 0.1) is 6.92 Å². The van der Waals surface area contributed by atoms with Gasteiger partial charge in [0, 0.05) is 36.5 Å². The van der Waals surface area contributed by atoms with Crippen molar-refractivity contribution < 1.29 is 9.94 Å². The molecular weight excluding hydrogens is 366 g/mol. The fraction of sp³-hybridized carbons (Fsp3) is 0.421. The Labute approximate surface area is 151 Å². The summed E-state index contributed by atoms with van der Waals surface area (Å²) in [5, 5.41) is 14.1. The van der Waals surface area contributed by atoms with Gasteiger partial charge in [0.15, 0.2) is 0 Å². The Morgan fingerprint density at radius 2 is 1.92 bits per heavy atom. The van der Waals surface area contributed by atoms with Gasteiger partial charge >= 0.3 is 0 Å². The van der Waals surface area contributed by atoms with Crippen LogP contribution in [0.4, 0.5) is 0 Å². The SMILES string of the molecule is Cc1ccc2c(c1)CCc1cc(Br)c[n+](O)c1[C@@H]2N1CCNCC1. The lowest BCUT2D eigenvalue weighted by Gasteiger charge is -2.33. The van der Waals surface area contributed by atoms with E-state index in [0.29, 0.717) is 0 Å². The number of benzene rings is 1. The molecule has 24 heavy (non-hydrogen) atoms. The van der Waals surface area contributed by atoms with E-state index in [1.807, 2.05) is 0 Å².